The van der Waals surface area contributed by atoms with E-state index in [4.69, 9.17) is 4.74 Å². The second kappa shape index (κ2) is 7.65. The van der Waals surface area contributed by atoms with E-state index in [2.05, 4.69) is 10.6 Å². The summed E-state index contributed by atoms with van der Waals surface area (Å²) < 4.78 is 5.61. The smallest absolute Gasteiger partial charge is 0.221 e. The molecule has 0 aromatic rings. The van der Waals surface area contributed by atoms with Gasteiger partial charge in [-0.05, 0) is 32.2 Å². The molecule has 2 N–H and O–H groups in total. The molecule has 1 aliphatic heterocycles. The molecule has 4 nitrogen and oxygen atoms in total. The van der Waals surface area contributed by atoms with Gasteiger partial charge < -0.3 is 15.4 Å². The van der Waals surface area contributed by atoms with Gasteiger partial charge in [0.15, 0.2) is 0 Å². The van der Waals surface area contributed by atoms with Gasteiger partial charge in [0.25, 0.3) is 0 Å². The van der Waals surface area contributed by atoms with Crippen molar-refractivity contribution in [2.75, 3.05) is 26.7 Å². The van der Waals surface area contributed by atoms with Gasteiger partial charge in [0, 0.05) is 26.6 Å². The van der Waals surface area contributed by atoms with Crippen LogP contribution in [0.25, 0.3) is 0 Å². The van der Waals surface area contributed by atoms with E-state index in [0.717, 1.165) is 26.1 Å². The lowest BCUT2D eigenvalue weighted by atomic mass is 10.1. The molecular weight excluding hydrogens is 192 g/mol. The van der Waals surface area contributed by atoms with Gasteiger partial charge in [-0.25, -0.2) is 0 Å². The van der Waals surface area contributed by atoms with Crippen molar-refractivity contribution in [3.8, 4) is 0 Å². The molecular formula is C11H22N2O2. The maximum absolute atomic E-state index is 10.9. The van der Waals surface area contributed by atoms with Gasteiger partial charge in [-0.1, -0.05) is 0 Å². The van der Waals surface area contributed by atoms with Gasteiger partial charge in [0.1, 0.15) is 0 Å². The van der Waals surface area contributed by atoms with E-state index in [1.54, 1.807) is 7.05 Å². The number of rotatable bonds is 6. The van der Waals surface area contributed by atoms with Crippen LogP contribution in [0.15, 0.2) is 0 Å². The Bertz CT molecular complexity index is 179. The molecule has 0 saturated carbocycles. The van der Waals surface area contributed by atoms with E-state index in [-0.39, 0.29) is 5.91 Å². The second-order valence-corrected chi connectivity index (χ2v) is 3.95. The number of carbonyl (C=O) groups excluding carboxylic acids is 1. The number of hydrogen-bond donors (Lipinski definition) is 2. The SMILES string of the molecule is CNC(=O)CCNCCC1CCCCO1. The molecule has 1 amide bonds. The molecule has 1 rings (SSSR count). The van der Waals surface area contributed by atoms with Crippen LogP contribution in [-0.2, 0) is 9.53 Å². The van der Waals surface area contributed by atoms with Crippen molar-refractivity contribution in [1.82, 2.24) is 10.6 Å². The molecule has 0 radical (unpaired) electrons. The standard InChI is InChI=1S/C11H22N2O2/c1-12-11(14)6-8-13-7-5-10-4-2-3-9-15-10/h10,13H,2-9H2,1H3,(H,12,14). The van der Waals surface area contributed by atoms with Crippen LogP contribution >= 0.6 is 0 Å². The summed E-state index contributed by atoms with van der Waals surface area (Å²) in [5, 5.41) is 5.86. The normalized spacial score (nSPS) is 21.3. The zero-order valence-electron chi connectivity index (χ0n) is 9.55. The Morgan fingerprint density at radius 3 is 2.93 bits per heavy atom. The number of nitrogens with one attached hydrogen (secondary N) is 2. The van der Waals surface area contributed by atoms with Crippen LogP contribution in [0.3, 0.4) is 0 Å². The average molecular weight is 214 g/mol. The first-order valence-corrected chi connectivity index (χ1v) is 5.86. The Hall–Kier alpha value is -0.610. The van der Waals surface area contributed by atoms with Crippen molar-refractivity contribution in [2.24, 2.45) is 0 Å². The van der Waals surface area contributed by atoms with Crippen molar-refractivity contribution in [1.29, 1.82) is 0 Å². The highest BCUT2D eigenvalue weighted by Crippen LogP contribution is 2.14. The van der Waals surface area contributed by atoms with Crippen molar-refractivity contribution in [3.63, 3.8) is 0 Å². The zero-order valence-corrected chi connectivity index (χ0v) is 9.55. The Morgan fingerprint density at radius 2 is 2.27 bits per heavy atom. The maximum atomic E-state index is 10.9. The first-order chi connectivity index (χ1) is 7.33. The highest BCUT2D eigenvalue weighted by Gasteiger charge is 2.12. The summed E-state index contributed by atoms with van der Waals surface area (Å²) in [4.78, 5) is 10.9. The molecule has 1 atom stereocenters. The van der Waals surface area contributed by atoms with E-state index in [9.17, 15) is 4.79 Å². The summed E-state index contributed by atoms with van der Waals surface area (Å²) in [5.41, 5.74) is 0. The first kappa shape index (κ1) is 12.5. The summed E-state index contributed by atoms with van der Waals surface area (Å²) in [6.45, 7) is 2.62. The molecule has 1 heterocycles. The molecule has 0 aromatic heterocycles. The Balaban J connectivity index is 1.89. The van der Waals surface area contributed by atoms with Gasteiger partial charge >= 0.3 is 0 Å². The molecule has 1 unspecified atom stereocenters. The minimum absolute atomic E-state index is 0.0939. The van der Waals surface area contributed by atoms with Crippen LogP contribution in [0, 0.1) is 0 Å². The highest BCUT2D eigenvalue weighted by atomic mass is 16.5. The first-order valence-electron chi connectivity index (χ1n) is 5.86. The van der Waals surface area contributed by atoms with Crippen LogP contribution in [-0.4, -0.2) is 38.8 Å². The highest BCUT2D eigenvalue weighted by molar-refractivity contribution is 5.75. The summed E-state index contributed by atoms with van der Waals surface area (Å²) >= 11 is 0. The van der Waals surface area contributed by atoms with Gasteiger partial charge in [-0.2, -0.15) is 0 Å². The molecule has 0 aliphatic carbocycles. The van der Waals surface area contributed by atoms with E-state index in [1.807, 2.05) is 0 Å². The fraction of sp³-hybridized carbons (Fsp3) is 0.909. The van der Waals surface area contributed by atoms with Gasteiger partial charge in [0.2, 0.25) is 5.91 Å². The predicted octanol–water partition coefficient (Wildman–Crippen LogP) is 0.671. The van der Waals surface area contributed by atoms with Crippen molar-refractivity contribution >= 4 is 5.91 Å². The second-order valence-electron chi connectivity index (χ2n) is 3.95. The van der Waals surface area contributed by atoms with E-state index < -0.39 is 0 Å². The number of carbonyl (C=O) groups is 1. The largest absolute Gasteiger partial charge is 0.378 e. The molecule has 0 bridgehead atoms. The lowest BCUT2D eigenvalue weighted by molar-refractivity contribution is -0.120. The summed E-state index contributed by atoms with van der Waals surface area (Å²) in [5.74, 6) is 0.0939. The van der Waals surface area contributed by atoms with Gasteiger partial charge in [-0.15, -0.1) is 0 Å². The minimum Gasteiger partial charge on any atom is -0.378 e. The quantitative estimate of drug-likeness (QED) is 0.639. The topological polar surface area (TPSA) is 50.4 Å². The van der Waals surface area contributed by atoms with E-state index >= 15 is 0 Å². The minimum atomic E-state index is 0.0939. The lowest BCUT2D eigenvalue weighted by Gasteiger charge is -2.22. The Kier molecular flexibility index (Phi) is 6.36. The van der Waals surface area contributed by atoms with Gasteiger partial charge in [-0.3, -0.25) is 4.79 Å². The monoisotopic (exact) mass is 214 g/mol. The average Bonchev–Trinajstić information content (AvgIpc) is 2.29. The lowest BCUT2D eigenvalue weighted by Crippen LogP contribution is -2.28. The molecule has 1 saturated heterocycles. The van der Waals surface area contributed by atoms with Crippen molar-refractivity contribution in [2.45, 2.75) is 38.2 Å². The van der Waals surface area contributed by atoms with E-state index in [0.29, 0.717) is 12.5 Å². The molecule has 4 heteroatoms. The molecule has 1 aliphatic rings. The molecule has 1 fully saturated rings. The molecule has 15 heavy (non-hydrogen) atoms. The van der Waals surface area contributed by atoms with E-state index in [1.165, 1.54) is 19.3 Å². The third kappa shape index (κ3) is 5.74. The molecule has 0 spiro atoms. The van der Waals surface area contributed by atoms with Gasteiger partial charge in [0.05, 0.1) is 6.10 Å². The van der Waals surface area contributed by atoms with Crippen LogP contribution in [0.5, 0.6) is 0 Å². The zero-order chi connectivity index (χ0) is 10.9. The van der Waals surface area contributed by atoms with Crippen molar-refractivity contribution in [3.05, 3.63) is 0 Å². The number of amides is 1. The summed E-state index contributed by atoms with van der Waals surface area (Å²) in [6.07, 6.45) is 5.75. The maximum Gasteiger partial charge on any atom is 0.221 e. The molecule has 88 valence electrons. The predicted molar refractivity (Wildman–Crippen MR) is 59.8 cm³/mol. The fourth-order valence-electron chi connectivity index (χ4n) is 1.75. The third-order valence-electron chi connectivity index (χ3n) is 2.72. The Labute approximate surface area is 91.8 Å². The van der Waals surface area contributed by atoms with Crippen LogP contribution < -0.4 is 10.6 Å². The van der Waals surface area contributed by atoms with Crippen LogP contribution in [0.2, 0.25) is 0 Å². The molecule has 0 aromatic carbocycles. The fourth-order valence-corrected chi connectivity index (χ4v) is 1.75. The number of hydrogen-bond acceptors (Lipinski definition) is 3. The third-order valence-corrected chi connectivity index (χ3v) is 2.72. The van der Waals surface area contributed by atoms with Crippen LogP contribution in [0.1, 0.15) is 32.1 Å². The summed E-state index contributed by atoms with van der Waals surface area (Å²) in [7, 11) is 1.66. The van der Waals surface area contributed by atoms with Crippen molar-refractivity contribution < 1.29 is 9.53 Å². The van der Waals surface area contributed by atoms with Crippen LogP contribution in [0.4, 0.5) is 0 Å². The number of ether oxygens (including phenoxy) is 1. The Morgan fingerprint density at radius 1 is 1.40 bits per heavy atom. The summed E-state index contributed by atoms with van der Waals surface area (Å²) in [6, 6.07) is 0.